The number of nitrogens with one attached hydrogen (secondary N) is 2. The van der Waals surface area contributed by atoms with Crippen molar-refractivity contribution in [3.8, 4) is 5.75 Å². The number of hydrogen-bond acceptors (Lipinski definition) is 4. The highest BCUT2D eigenvalue weighted by molar-refractivity contribution is 6.06. The van der Waals surface area contributed by atoms with Crippen LogP contribution >= 0.6 is 0 Å². The number of ether oxygens (including phenoxy) is 1. The highest BCUT2D eigenvalue weighted by atomic mass is 16.5. The molecule has 2 atom stereocenters. The SMILES string of the molecule is COc1ccccc1C(=O)C=C1N[C@H]2CCCC[C@H]2N1. The van der Waals surface area contributed by atoms with Gasteiger partial charge in [-0.25, -0.2) is 0 Å². The molecular formula is C16H20N2O2. The Morgan fingerprint density at radius 3 is 2.50 bits per heavy atom. The van der Waals surface area contributed by atoms with Crippen LogP contribution in [0.4, 0.5) is 0 Å². The molecule has 2 N–H and O–H groups in total. The summed E-state index contributed by atoms with van der Waals surface area (Å²) in [6.45, 7) is 0. The summed E-state index contributed by atoms with van der Waals surface area (Å²) < 4.78 is 5.23. The summed E-state index contributed by atoms with van der Waals surface area (Å²) in [6.07, 6.45) is 6.54. The molecule has 1 aliphatic heterocycles. The number of fused-ring (bicyclic) bond motifs is 1. The first-order chi connectivity index (χ1) is 9.78. The standard InChI is InChI=1S/C16H20N2O2/c1-20-15-9-5-2-6-11(15)14(19)10-16-17-12-7-3-4-8-13(12)18-16/h2,5-6,9-10,12-13,17-18H,3-4,7-8H2,1H3/t12-,13+. The van der Waals surface area contributed by atoms with Crippen molar-refractivity contribution in [3.63, 3.8) is 0 Å². The van der Waals surface area contributed by atoms with Crippen molar-refractivity contribution in [1.82, 2.24) is 10.6 Å². The van der Waals surface area contributed by atoms with E-state index in [4.69, 9.17) is 4.74 Å². The number of benzene rings is 1. The fourth-order valence-electron chi connectivity index (χ4n) is 3.06. The molecule has 1 aromatic carbocycles. The smallest absolute Gasteiger partial charge is 0.193 e. The average molecular weight is 272 g/mol. The molecule has 20 heavy (non-hydrogen) atoms. The van der Waals surface area contributed by atoms with Crippen LogP contribution in [0, 0.1) is 0 Å². The lowest BCUT2D eigenvalue weighted by atomic mass is 9.92. The van der Waals surface area contributed by atoms with E-state index in [0.29, 0.717) is 23.4 Å². The molecule has 4 nitrogen and oxygen atoms in total. The minimum atomic E-state index is -0.0314. The van der Waals surface area contributed by atoms with Crippen molar-refractivity contribution in [1.29, 1.82) is 0 Å². The highest BCUT2D eigenvalue weighted by Gasteiger charge is 2.31. The van der Waals surface area contributed by atoms with Gasteiger partial charge in [-0.1, -0.05) is 25.0 Å². The molecule has 0 aromatic heterocycles. The van der Waals surface area contributed by atoms with Crippen molar-refractivity contribution in [2.24, 2.45) is 0 Å². The van der Waals surface area contributed by atoms with Crippen LogP contribution < -0.4 is 15.4 Å². The Hall–Kier alpha value is -1.97. The molecule has 1 saturated carbocycles. The number of para-hydroxylation sites is 1. The van der Waals surface area contributed by atoms with E-state index in [1.165, 1.54) is 25.7 Å². The van der Waals surface area contributed by atoms with E-state index >= 15 is 0 Å². The van der Waals surface area contributed by atoms with E-state index in [0.717, 1.165) is 5.82 Å². The van der Waals surface area contributed by atoms with Crippen LogP contribution in [0.2, 0.25) is 0 Å². The van der Waals surface area contributed by atoms with Crippen LogP contribution in [-0.4, -0.2) is 25.0 Å². The van der Waals surface area contributed by atoms with Gasteiger partial charge in [-0.2, -0.15) is 0 Å². The zero-order valence-electron chi connectivity index (χ0n) is 11.7. The molecule has 2 fully saturated rings. The summed E-state index contributed by atoms with van der Waals surface area (Å²) in [7, 11) is 1.58. The van der Waals surface area contributed by atoms with Crippen LogP contribution in [0.1, 0.15) is 36.0 Å². The second kappa shape index (κ2) is 5.57. The summed E-state index contributed by atoms with van der Waals surface area (Å²) in [5.41, 5.74) is 0.598. The van der Waals surface area contributed by atoms with Gasteiger partial charge in [-0.3, -0.25) is 4.79 Å². The summed E-state index contributed by atoms with van der Waals surface area (Å²) in [4.78, 5) is 12.3. The molecule has 0 amide bonds. The van der Waals surface area contributed by atoms with E-state index in [9.17, 15) is 4.79 Å². The largest absolute Gasteiger partial charge is 0.496 e. The van der Waals surface area contributed by atoms with E-state index < -0.39 is 0 Å². The van der Waals surface area contributed by atoms with Gasteiger partial charge in [0.05, 0.1) is 12.7 Å². The average Bonchev–Trinajstić information content (AvgIpc) is 2.89. The molecule has 4 heteroatoms. The predicted octanol–water partition coefficient (Wildman–Crippen LogP) is 2.22. The molecule has 0 unspecified atom stereocenters. The Bertz CT molecular complexity index is 523. The molecule has 1 heterocycles. The van der Waals surface area contributed by atoms with Crippen LogP contribution in [0.5, 0.6) is 5.75 Å². The van der Waals surface area contributed by atoms with Gasteiger partial charge in [-0.15, -0.1) is 0 Å². The maximum Gasteiger partial charge on any atom is 0.193 e. The topological polar surface area (TPSA) is 50.4 Å². The van der Waals surface area contributed by atoms with Crippen LogP contribution in [0.15, 0.2) is 36.2 Å². The zero-order valence-corrected chi connectivity index (χ0v) is 11.7. The summed E-state index contributed by atoms with van der Waals surface area (Å²) >= 11 is 0. The first-order valence-corrected chi connectivity index (χ1v) is 7.20. The predicted molar refractivity (Wildman–Crippen MR) is 77.7 cm³/mol. The third-order valence-electron chi connectivity index (χ3n) is 4.10. The number of hydrogen-bond donors (Lipinski definition) is 2. The van der Waals surface area contributed by atoms with Gasteiger partial charge in [0, 0.05) is 18.2 Å². The van der Waals surface area contributed by atoms with Gasteiger partial charge in [0.2, 0.25) is 0 Å². The van der Waals surface area contributed by atoms with Crippen LogP contribution in [0.25, 0.3) is 0 Å². The Morgan fingerprint density at radius 2 is 1.85 bits per heavy atom. The number of methoxy groups -OCH3 is 1. The summed E-state index contributed by atoms with van der Waals surface area (Å²) in [5, 5.41) is 6.84. The van der Waals surface area contributed by atoms with E-state index in [1.807, 2.05) is 12.1 Å². The third-order valence-corrected chi connectivity index (χ3v) is 4.10. The van der Waals surface area contributed by atoms with Gasteiger partial charge in [0.1, 0.15) is 11.6 Å². The summed E-state index contributed by atoms with van der Waals surface area (Å²) in [6, 6.07) is 8.26. The molecule has 0 bridgehead atoms. The van der Waals surface area contributed by atoms with Crippen LogP contribution in [-0.2, 0) is 0 Å². The monoisotopic (exact) mass is 272 g/mol. The number of rotatable bonds is 3. The molecule has 0 radical (unpaired) electrons. The normalized spacial score (nSPS) is 26.6. The Balaban J connectivity index is 1.77. The van der Waals surface area contributed by atoms with Crippen LogP contribution in [0.3, 0.4) is 0 Å². The first-order valence-electron chi connectivity index (χ1n) is 7.20. The van der Waals surface area contributed by atoms with Gasteiger partial charge in [0.15, 0.2) is 5.78 Å². The van der Waals surface area contributed by atoms with Crippen molar-refractivity contribution in [2.45, 2.75) is 37.8 Å². The second-order valence-electron chi connectivity index (χ2n) is 5.41. The number of allylic oxidation sites excluding steroid dienone is 1. The van der Waals surface area contributed by atoms with E-state index in [1.54, 1.807) is 25.3 Å². The Kier molecular flexibility index (Phi) is 3.63. The maximum atomic E-state index is 12.3. The zero-order chi connectivity index (χ0) is 13.9. The van der Waals surface area contributed by atoms with E-state index in [2.05, 4.69) is 10.6 Å². The molecule has 0 spiro atoms. The molecule has 1 aromatic rings. The molecular weight excluding hydrogens is 252 g/mol. The van der Waals surface area contributed by atoms with Gasteiger partial charge in [0.25, 0.3) is 0 Å². The second-order valence-corrected chi connectivity index (χ2v) is 5.41. The molecule has 1 aliphatic carbocycles. The fraction of sp³-hybridized carbons (Fsp3) is 0.438. The number of carbonyl (C=O) groups is 1. The highest BCUT2D eigenvalue weighted by Crippen LogP contribution is 2.24. The summed E-state index contributed by atoms with van der Waals surface area (Å²) in [5.74, 6) is 1.43. The number of ketones is 1. The fourth-order valence-corrected chi connectivity index (χ4v) is 3.06. The van der Waals surface area contributed by atoms with Gasteiger partial charge >= 0.3 is 0 Å². The van der Waals surface area contributed by atoms with Crippen molar-refractivity contribution < 1.29 is 9.53 Å². The lowest BCUT2D eigenvalue weighted by Crippen LogP contribution is -2.36. The molecule has 1 saturated heterocycles. The van der Waals surface area contributed by atoms with Gasteiger partial charge < -0.3 is 15.4 Å². The first kappa shape index (κ1) is 13.0. The molecule has 106 valence electrons. The minimum Gasteiger partial charge on any atom is -0.496 e. The molecule has 2 aliphatic rings. The van der Waals surface area contributed by atoms with Crippen molar-refractivity contribution in [2.75, 3.05) is 7.11 Å². The number of carbonyl (C=O) groups excluding carboxylic acids is 1. The lowest BCUT2D eigenvalue weighted by molar-refractivity contribution is 0.104. The minimum absolute atomic E-state index is 0.0314. The Morgan fingerprint density at radius 1 is 1.20 bits per heavy atom. The third kappa shape index (κ3) is 2.50. The quantitative estimate of drug-likeness (QED) is 0.654. The van der Waals surface area contributed by atoms with Crippen molar-refractivity contribution in [3.05, 3.63) is 41.7 Å². The maximum absolute atomic E-state index is 12.3. The Labute approximate surface area is 119 Å². The molecule has 3 rings (SSSR count). The van der Waals surface area contributed by atoms with E-state index in [-0.39, 0.29) is 5.78 Å². The van der Waals surface area contributed by atoms with Crippen molar-refractivity contribution >= 4 is 5.78 Å². The lowest BCUT2D eigenvalue weighted by Gasteiger charge is -2.23. The van der Waals surface area contributed by atoms with Gasteiger partial charge in [-0.05, 0) is 25.0 Å².